The number of aldehydes is 1. The maximum absolute atomic E-state index is 10.8. The molecular formula is C13H16N2O. The van der Waals surface area contributed by atoms with Crippen molar-refractivity contribution in [1.29, 1.82) is 0 Å². The highest BCUT2D eigenvalue weighted by Crippen LogP contribution is 2.25. The second kappa shape index (κ2) is 3.44. The van der Waals surface area contributed by atoms with Crippen LogP contribution in [0.4, 0.5) is 0 Å². The summed E-state index contributed by atoms with van der Waals surface area (Å²) < 4.78 is 1.88. The topological polar surface area (TPSA) is 34.9 Å². The molecule has 0 radical (unpaired) electrons. The number of carbonyl (C=O) groups is 1. The van der Waals surface area contributed by atoms with Crippen molar-refractivity contribution in [1.82, 2.24) is 9.55 Å². The molecule has 0 fully saturated rings. The third kappa shape index (κ3) is 1.62. The molecule has 0 aliphatic carbocycles. The zero-order chi connectivity index (χ0) is 11.9. The van der Waals surface area contributed by atoms with Crippen LogP contribution >= 0.6 is 0 Å². The van der Waals surface area contributed by atoms with Crippen LogP contribution in [-0.4, -0.2) is 15.8 Å². The molecule has 0 spiro atoms. The molecule has 0 saturated heterocycles. The van der Waals surface area contributed by atoms with Gasteiger partial charge in [0.25, 0.3) is 0 Å². The lowest BCUT2D eigenvalue weighted by Crippen LogP contribution is -2.11. The lowest BCUT2D eigenvalue weighted by atomic mass is 9.88. The van der Waals surface area contributed by atoms with Gasteiger partial charge in [-0.1, -0.05) is 20.8 Å². The fourth-order valence-electron chi connectivity index (χ4n) is 1.74. The number of nitrogens with zero attached hydrogens (tertiary/aromatic N) is 2. The Bertz CT molecular complexity index is 547. The van der Waals surface area contributed by atoms with Gasteiger partial charge < -0.3 is 4.57 Å². The zero-order valence-electron chi connectivity index (χ0n) is 10.1. The lowest BCUT2D eigenvalue weighted by molar-refractivity contribution is 0.111. The van der Waals surface area contributed by atoms with Gasteiger partial charge in [0.1, 0.15) is 0 Å². The molecule has 0 aliphatic rings. The second-order valence-corrected chi connectivity index (χ2v) is 5.12. The van der Waals surface area contributed by atoms with Crippen LogP contribution in [0, 0.1) is 0 Å². The van der Waals surface area contributed by atoms with Gasteiger partial charge in [-0.2, -0.15) is 0 Å². The molecule has 0 saturated carbocycles. The van der Waals surface area contributed by atoms with Gasteiger partial charge >= 0.3 is 0 Å². The summed E-state index contributed by atoms with van der Waals surface area (Å²) in [5.41, 5.74) is 3.80. The highest BCUT2D eigenvalue weighted by Gasteiger charge is 2.16. The maximum atomic E-state index is 10.8. The molecule has 84 valence electrons. The third-order valence-corrected chi connectivity index (χ3v) is 2.92. The van der Waals surface area contributed by atoms with E-state index in [1.807, 2.05) is 23.9 Å². The van der Waals surface area contributed by atoms with Crippen LogP contribution in [0.25, 0.3) is 11.0 Å². The standard InChI is InChI=1S/C13H16N2O/c1-13(2,3)9-5-12-11(14-7-9)6-10(8-16)15(12)4/h5-8H,1-4H3. The van der Waals surface area contributed by atoms with Crippen LogP contribution in [0.5, 0.6) is 0 Å². The Morgan fingerprint density at radius 3 is 2.56 bits per heavy atom. The number of pyridine rings is 1. The number of aromatic nitrogens is 2. The van der Waals surface area contributed by atoms with E-state index in [2.05, 4.69) is 31.8 Å². The average molecular weight is 216 g/mol. The molecular weight excluding hydrogens is 200 g/mol. The fraction of sp³-hybridized carbons (Fsp3) is 0.385. The molecule has 0 bridgehead atoms. The van der Waals surface area contributed by atoms with E-state index in [0.29, 0.717) is 5.69 Å². The first-order valence-electron chi connectivity index (χ1n) is 5.34. The molecule has 2 heterocycles. The predicted molar refractivity (Wildman–Crippen MR) is 64.8 cm³/mol. The molecule has 2 aromatic heterocycles. The van der Waals surface area contributed by atoms with Crippen molar-refractivity contribution in [3.63, 3.8) is 0 Å². The number of aryl methyl sites for hydroxylation is 1. The van der Waals surface area contributed by atoms with Gasteiger partial charge in [0, 0.05) is 13.2 Å². The summed E-state index contributed by atoms with van der Waals surface area (Å²) >= 11 is 0. The van der Waals surface area contributed by atoms with Crippen molar-refractivity contribution in [2.45, 2.75) is 26.2 Å². The van der Waals surface area contributed by atoms with Gasteiger partial charge in [0.05, 0.1) is 16.7 Å². The van der Waals surface area contributed by atoms with Crippen LogP contribution in [0.15, 0.2) is 18.3 Å². The van der Waals surface area contributed by atoms with E-state index in [1.165, 1.54) is 5.56 Å². The summed E-state index contributed by atoms with van der Waals surface area (Å²) in [6.45, 7) is 6.46. The van der Waals surface area contributed by atoms with E-state index in [-0.39, 0.29) is 5.41 Å². The Morgan fingerprint density at radius 2 is 2.00 bits per heavy atom. The highest BCUT2D eigenvalue weighted by atomic mass is 16.1. The predicted octanol–water partition coefficient (Wildman–Crippen LogP) is 2.68. The Labute approximate surface area is 95.1 Å². The smallest absolute Gasteiger partial charge is 0.166 e. The quantitative estimate of drug-likeness (QED) is 0.687. The zero-order valence-corrected chi connectivity index (χ0v) is 10.1. The van der Waals surface area contributed by atoms with Crippen molar-refractivity contribution in [2.24, 2.45) is 7.05 Å². The third-order valence-electron chi connectivity index (χ3n) is 2.92. The van der Waals surface area contributed by atoms with Gasteiger partial charge in [-0.25, -0.2) is 0 Å². The minimum Gasteiger partial charge on any atom is -0.340 e. The van der Waals surface area contributed by atoms with E-state index >= 15 is 0 Å². The molecule has 0 unspecified atom stereocenters. The van der Waals surface area contributed by atoms with Crippen LogP contribution in [0.3, 0.4) is 0 Å². The van der Waals surface area contributed by atoms with E-state index in [4.69, 9.17) is 0 Å². The van der Waals surface area contributed by atoms with Crippen LogP contribution in [0.2, 0.25) is 0 Å². The number of hydrogen-bond acceptors (Lipinski definition) is 2. The normalized spacial score (nSPS) is 12.0. The van der Waals surface area contributed by atoms with E-state index in [0.717, 1.165) is 17.3 Å². The Balaban J connectivity index is 2.70. The van der Waals surface area contributed by atoms with Gasteiger partial charge in [-0.15, -0.1) is 0 Å². The fourth-order valence-corrected chi connectivity index (χ4v) is 1.74. The Hall–Kier alpha value is -1.64. The maximum Gasteiger partial charge on any atom is 0.166 e. The van der Waals surface area contributed by atoms with Gasteiger partial charge in [-0.3, -0.25) is 9.78 Å². The van der Waals surface area contributed by atoms with E-state index in [9.17, 15) is 4.79 Å². The largest absolute Gasteiger partial charge is 0.340 e. The van der Waals surface area contributed by atoms with Gasteiger partial charge in [0.15, 0.2) is 6.29 Å². The van der Waals surface area contributed by atoms with Crippen LogP contribution in [-0.2, 0) is 12.5 Å². The molecule has 2 aromatic rings. The van der Waals surface area contributed by atoms with Crippen LogP contribution < -0.4 is 0 Å². The Kier molecular flexibility index (Phi) is 2.34. The van der Waals surface area contributed by atoms with Gasteiger partial charge in [-0.05, 0) is 23.1 Å². The molecule has 2 rings (SSSR count). The Morgan fingerprint density at radius 1 is 1.31 bits per heavy atom. The summed E-state index contributed by atoms with van der Waals surface area (Å²) in [5, 5.41) is 0. The summed E-state index contributed by atoms with van der Waals surface area (Å²) in [5.74, 6) is 0. The minimum absolute atomic E-state index is 0.0762. The molecule has 3 nitrogen and oxygen atoms in total. The molecule has 0 amide bonds. The highest BCUT2D eigenvalue weighted by molar-refractivity contribution is 5.86. The number of carbonyl (C=O) groups excluding carboxylic acids is 1. The summed E-state index contributed by atoms with van der Waals surface area (Å²) in [6.07, 6.45) is 2.75. The molecule has 0 atom stereocenters. The first kappa shape index (κ1) is 10.9. The average Bonchev–Trinajstić information content (AvgIpc) is 2.54. The first-order chi connectivity index (χ1) is 7.43. The van der Waals surface area contributed by atoms with Crippen LogP contribution in [0.1, 0.15) is 36.8 Å². The second-order valence-electron chi connectivity index (χ2n) is 5.12. The number of rotatable bonds is 1. The minimum atomic E-state index is 0.0762. The number of hydrogen-bond donors (Lipinski definition) is 0. The molecule has 0 N–H and O–H groups in total. The van der Waals surface area contributed by atoms with E-state index < -0.39 is 0 Å². The van der Waals surface area contributed by atoms with Crippen molar-refractivity contribution < 1.29 is 4.79 Å². The first-order valence-corrected chi connectivity index (χ1v) is 5.34. The van der Waals surface area contributed by atoms with Crippen molar-refractivity contribution in [3.8, 4) is 0 Å². The number of fused-ring (bicyclic) bond motifs is 1. The van der Waals surface area contributed by atoms with E-state index in [1.54, 1.807) is 0 Å². The summed E-state index contributed by atoms with van der Waals surface area (Å²) in [7, 11) is 1.89. The summed E-state index contributed by atoms with van der Waals surface area (Å²) in [6, 6.07) is 3.92. The molecule has 16 heavy (non-hydrogen) atoms. The SMILES string of the molecule is Cn1c(C=O)cc2ncc(C(C)(C)C)cc21. The molecule has 0 aliphatic heterocycles. The summed E-state index contributed by atoms with van der Waals surface area (Å²) in [4.78, 5) is 15.2. The van der Waals surface area contributed by atoms with Crippen molar-refractivity contribution >= 4 is 17.3 Å². The molecule has 3 heteroatoms. The molecule has 0 aromatic carbocycles. The van der Waals surface area contributed by atoms with Crippen molar-refractivity contribution in [2.75, 3.05) is 0 Å². The lowest BCUT2D eigenvalue weighted by Gasteiger charge is -2.18. The van der Waals surface area contributed by atoms with Crippen molar-refractivity contribution in [3.05, 3.63) is 29.6 Å². The monoisotopic (exact) mass is 216 g/mol. The van der Waals surface area contributed by atoms with Gasteiger partial charge in [0.2, 0.25) is 0 Å².